The molecule has 0 unspecified atom stereocenters. The quantitative estimate of drug-likeness (QED) is 0.211. The number of amides is 6. The van der Waals surface area contributed by atoms with Crippen LogP contribution < -0.4 is 24.8 Å². The molecule has 81 heavy (non-hydrogen) atoms. The second-order valence-electron chi connectivity index (χ2n) is 23.4. The molecule has 2 aliphatic heterocycles. The maximum atomic E-state index is 14.5. The Morgan fingerprint density at radius 2 is 1.44 bits per heavy atom. The molecule has 0 spiro atoms. The van der Waals surface area contributed by atoms with Gasteiger partial charge in [0, 0.05) is 40.3 Å². The summed E-state index contributed by atoms with van der Waals surface area (Å²) < 4.78 is 34.8. The predicted octanol–water partition coefficient (Wildman–Crippen LogP) is 5.40. The van der Waals surface area contributed by atoms with Crippen molar-refractivity contribution >= 4 is 53.2 Å². The molecule has 448 valence electrons. The Bertz CT molecular complexity index is 2560. The molecule has 0 aromatic heterocycles. The van der Waals surface area contributed by atoms with Gasteiger partial charge in [0.2, 0.25) is 29.4 Å². The largest absolute Gasteiger partial charge is 0.493 e. The van der Waals surface area contributed by atoms with Crippen molar-refractivity contribution in [2.45, 2.75) is 150 Å². The zero-order valence-corrected chi connectivity index (χ0v) is 50.0. The first-order chi connectivity index (χ1) is 38.0. The van der Waals surface area contributed by atoms with Crippen molar-refractivity contribution in [2.24, 2.45) is 17.3 Å². The van der Waals surface area contributed by atoms with Gasteiger partial charge in [0.15, 0.2) is 18.1 Å². The van der Waals surface area contributed by atoms with Crippen molar-refractivity contribution in [3.63, 3.8) is 0 Å². The standard InChI is InChI=1S/C60H88N6O15/c1-38(2)30-43-55(72)63(10)28-17-16-23-52(69)79-37-60(8,9)53(70)57(74)66-29-18-15-22-45(66)58(75)81-47(26-24-40-25-27-48(76-13)49(32-40)77-14)41-20-19-21-42(33-41)78-36-51(68)64(11)34-50(67)61-44(31-39(3)4)56(73)65(12)46(54(71)62-43)35-80-59(5,6)7/h16,19-21,23,25,27,32-33,38-39,43-47H,15,17-18,22,24,26,28-31,34-37H2,1-14H3,(H,61,67)(H,62,71)/b23-16-/t43-,44-,45+,46+,47-/m1/s1. The van der Waals surface area contributed by atoms with Crippen LogP contribution in [0.15, 0.2) is 54.6 Å². The fourth-order valence-electron chi connectivity index (χ4n) is 9.22. The van der Waals surface area contributed by atoms with Gasteiger partial charge in [-0.05, 0) is 133 Å². The Kier molecular flexibility index (Phi) is 25.2. The summed E-state index contributed by atoms with van der Waals surface area (Å²) in [4.78, 5) is 131. The lowest BCUT2D eigenvalue weighted by Gasteiger charge is -2.36. The van der Waals surface area contributed by atoms with Crippen molar-refractivity contribution < 1.29 is 71.6 Å². The Morgan fingerprint density at radius 3 is 2.09 bits per heavy atom. The summed E-state index contributed by atoms with van der Waals surface area (Å²) in [5, 5.41) is 5.65. The summed E-state index contributed by atoms with van der Waals surface area (Å²) in [6, 6.07) is 7.61. The number of ether oxygens (including phenoxy) is 6. The van der Waals surface area contributed by atoms with Crippen LogP contribution in [-0.4, -0.2) is 177 Å². The highest BCUT2D eigenvalue weighted by Crippen LogP contribution is 2.33. The number of carbonyl (C=O) groups is 9. The molecule has 2 bridgehead atoms. The molecule has 1 saturated heterocycles. The second-order valence-corrected chi connectivity index (χ2v) is 23.4. The van der Waals surface area contributed by atoms with E-state index in [2.05, 4.69) is 10.6 Å². The zero-order valence-electron chi connectivity index (χ0n) is 50.0. The van der Waals surface area contributed by atoms with Gasteiger partial charge >= 0.3 is 11.9 Å². The molecule has 4 rings (SSSR count). The van der Waals surface area contributed by atoms with Crippen LogP contribution in [0.4, 0.5) is 0 Å². The highest BCUT2D eigenvalue weighted by Gasteiger charge is 2.43. The first-order valence-electron chi connectivity index (χ1n) is 27.9. The molecule has 6 amide bonds. The van der Waals surface area contributed by atoms with Crippen LogP contribution >= 0.6 is 0 Å². The monoisotopic (exact) mass is 1130 g/mol. The van der Waals surface area contributed by atoms with Gasteiger partial charge in [-0.3, -0.25) is 33.6 Å². The van der Waals surface area contributed by atoms with Crippen LogP contribution in [0.25, 0.3) is 0 Å². The first-order valence-corrected chi connectivity index (χ1v) is 27.9. The third kappa shape index (κ3) is 20.5. The molecule has 2 heterocycles. The number of carbonyl (C=O) groups excluding carboxylic acids is 9. The molecule has 5 atom stereocenters. The molecule has 0 radical (unpaired) electrons. The van der Waals surface area contributed by atoms with Crippen LogP contribution in [0, 0.1) is 17.3 Å². The smallest absolute Gasteiger partial charge is 0.330 e. The molecule has 1 fully saturated rings. The van der Waals surface area contributed by atoms with Gasteiger partial charge in [0.25, 0.3) is 11.8 Å². The van der Waals surface area contributed by atoms with E-state index in [1.165, 1.54) is 69.0 Å². The lowest BCUT2D eigenvalue weighted by atomic mass is 9.87. The number of esters is 2. The number of Topliss-reactive ketones (excluding diaryl/α,β-unsaturated/α-hetero) is 1. The van der Waals surface area contributed by atoms with E-state index in [0.29, 0.717) is 36.3 Å². The van der Waals surface area contributed by atoms with Crippen LogP contribution in [0.5, 0.6) is 17.2 Å². The van der Waals surface area contributed by atoms with Crippen molar-refractivity contribution in [2.75, 3.05) is 74.8 Å². The van der Waals surface area contributed by atoms with Crippen molar-refractivity contribution in [3.05, 3.63) is 65.7 Å². The van der Waals surface area contributed by atoms with E-state index in [1.54, 1.807) is 58.2 Å². The molecule has 0 saturated carbocycles. The van der Waals surface area contributed by atoms with Gasteiger partial charge in [0.1, 0.15) is 42.6 Å². The molecule has 2 N–H and O–H groups in total. The predicted molar refractivity (Wildman–Crippen MR) is 302 cm³/mol. The number of rotatable bonds is 11. The molecule has 21 heteroatoms. The Balaban J connectivity index is 1.71. The van der Waals surface area contributed by atoms with Crippen LogP contribution in [0.2, 0.25) is 0 Å². The van der Waals surface area contributed by atoms with E-state index in [9.17, 15) is 43.2 Å². The van der Waals surface area contributed by atoms with E-state index < -0.39 is 114 Å². The van der Waals surface area contributed by atoms with Crippen LogP contribution in [0.1, 0.15) is 124 Å². The molecule has 2 aliphatic rings. The number of aryl methyl sites for hydroxylation is 1. The number of hydrogen-bond donors (Lipinski definition) is 2. The average molecular weight is 1130 g/mol. The highest BCUT2D eigenvalue weighted by molar-refractivity contribution is 6.38. The van der Waals surface area contributed by atoms with Gasteiger partial charge in [-0.25, -0.2) is 9.59 Å². The number of piperidine rings is 1. The summed E-state index contributed by atoms with van der Waals surface area (Å²) in [6.45, 7) is 14.5. The number of likely N-dealkylation sites (N-methyl/N-ethyl adjacent to an activating group) is 3. The van der Waals surface area contributed by atoms with Crippen LogP contribution in [-0.2, 0) is 63.8 Å². The minimum absolute atomic E-state index is 0.0462. The topological polar surface area (TPSA) is 246 Å². The number of nitrogens with zero attached hydrogens (tertiary/aromatic N) is 4. The van der Waals surface area contributed by atoms with E-state index in [0.717, 1.165) is 10.5 Å². The summed E-state index contributed by atoms with van der Waals surface area (Å²) in [6.07, 6.45) is 4.36. The maximum absolute atomic E-state index is 14.5. The minimum atomic E-state index is -1.49. The lowest BCUT2D eigenvalue weighted by Crippen LogP contribution is -2.59. The number of methoxy groups -OCH3 is 2. The van der Waals surface area contributed by atoms with E-state index in [4.69, 9.17) is 28.4 Å². The first kappa shape index (κ1) is 66.5. The minimum Gasteiger partial charge on any atom is -0.493 e. The fraction of sp³-hybridized carbons (Fsp3) is 0.617. The van der Waals surface area contributed by atoms with Crippen LogP contribution in [0.3, 0.4) is 0 Å². The number of fused-ring (bicyclic) bond motifs is 3. The third-order valence-corrected chi connectivity index (χ3v) is 13.9. The van der Waals surface area contributed by atoms with Gasteiger partial charge < -0.3 is 58.7 Å². The number of ketones is 1. The number of nitrogens with one attached hydrogen (secondary N) is 2. The van der Waals surface area contributed by atoms with Crippen molar-refractivity contribution in [3.8, 4) is 17.2 Å². The summed E-state index contributed by atoms with van der Waals surface area (Å²) >= 11 is 0. The molecule has 2 aromatic rings. The number of cyclic esters (lactones) is 2. The highest BCUT2D eigenvalue weighted by atomic mass is 16.5. The van der Waals surface area contributed by atoms with Gasteiger partial charge in [0.05, 0.1) is 38.4 Å². The SMILES string of the molecule is COc1ccc(CC[C@H]2OC(=O)[C@@H]3CCCCN3C(=O)C(=O)C(C)(C)COC(=O)/C=C\CCN(C)C(=O)[C@@H](CC(C)C)NC(=O)[C@H](COC(C)(C)C)N(C)C(=O)[C@@H](CC(C)C)NC(=O)CN(C)C(=O)COc3cccc2c3)cc1OC. The summed E-state index contributed by atoms with van der Waals surface area (Å²) in [7, 11) is 7.47. The number of benzene rings is 2. The summed E-state index contributed by atoms with van der Waals surface area (Å²) in [5.41, 5.74) is -0.878. The zero-order chi connectivity index (χ0) is 60.4. The molecule has 0 aliphatic carbocycles. The molecule has 21 nitrogen and oxygen atoms in total. The van der Waals surface area contributed by atoms with Crippen molar-refractivity contribution in [1.82, 2.24) is 30.2 Å². The normalized spacial score (nSPS) is 23.0. The lowest BCUT2D eigenvalue weighted by molar-refractivity contribution is -0.165. The van der Waals surface area contributed by atoms with E-state index >= 15 is 0 Å². The van der Waals surface area contributed by atoms with Gasteiger partial charge in [-0.15, -0.1) is 0 Å². The van der Waals surface area contributed by atoms with Gasteiger partial charge in [-0.1, -0.05) is 52.0 Å². The Morgan fingerprint density at radius 1 is 0.778 bits per heavy atom. The Hall–Kier alpha value is -7.03. The molecular weight excluding hydrogens is 1040 g/mol. The third-order valence-electron chi connectivity index (χ3n) is 13.9. The molecule has 2 aromatic carbocycles. The van der Waals surface area contributed by atoms with E-state index in [-0.39, 0.29) is 69.4 Å². The maximum Gasteiger partial charge on any atom is 0.330 e. The molecular formula is C60H88N6O15. The Labute approximate surface area is 478 Å². The second kappa shape index (κ2) is 30.7. The summed E-state index contributed by atoms with van der Waals surface area (Å²) in [5.74, 6) is -5.05. The van der Waals surface area contributed by atoms with Crippen molar-refractivity contribution in [1.29, 1.82) is 0 Å². The number of hydrogen-bond acceptors (Lipinski definition) is 15. The average Bonchev–Trinajstić information content (AvgIpc) is 3.43. The fourth-order valence-corrected chi connectivity index (χ4v) is 9.22. The van der Waals surface area contributed by atoms with E-state index in [1.807, 2.05) is 39.8 Å². The van der Waals surface area contributed by atoms with Gasteiger partial charge in [-0.2, -0.15) is 0 Å².